The second kappa shape index (κ2) is 3.94. The first-order valence-electron chi connectivity index (χ1n) is 3.04. The van der Waals surface area contributed by atoms with E-state index < -0.39 is 12.0 Å². The largest absolute Gasteiger partial charge is 0.449 e. The van der Waals surface area contributed by atoms with Crippen LogP contribution in [0.5, 0.6) is 0 Å². The van der Waals surface area contributed by atoms with Crippen molar-refractivity contribution in [2.75, 3.05) is 7.05 Å². The molecule has 12 heavy (non-hydrogen) atoms. The quantitative estimate of drug-likeness (QED) is 0.467. The first-order valence-corrected chi connectivity index (χ1v) is 3.04. The maximum absolute atomic E-state index is 12.1. The van der Waals surface area contributed by atoms with Gasteiger partial charge in [-0.1, -0.05) is 13.2 Å². The van der Waals surface area contributed by atoms with E-state index >= 15 is 0 Å². The third kappa shape index (κ3) is 2.77. The van der Waals surface area contributed by atoms with Crippen LogP contribution < -0.4 is 0 Å². The molecule has 0 atom stereocenters. The van der Waals surface area contributed by atoms with E-state index in [1.165, 1.54) is 7.05 Å². The molecule has 68 valence electrons. The maximum atomic E-state index is 12.1. The van der Waals surface area contributed by atoms with Crippen LogP contribution in [0.4, 0.5) is 13.2 Å². The SMILES string of the molecule is C=CN=C(N(C)C=C)C(F)(F)F. The molecule has 0 heterocycles. The van der Waals surface area contributed by atoms with E-state index in [4.69, 9.17) is 0 Å². The van der Waals surface area contributed by atoms with Crippen molar-refractivity contribution in [2.24, 2.45) is 4.99 Å². The molecule has 0 rings (SSSR count). The molecule has 0 aromatic carbocycles. The highest BCUT2D eigenvalue weighted by Crippen LogP contribution is 2.19. The van der Waals surface area contributed by atoms with Crippen molar-refractivity contribution in [2.45, 2.75) is 6.18 Å². The van der Waals surface area contributed by atoms with Crippen LogP contribution in [-0.4, -0.2) is 24.0 Å². The second-order valence-corrected chi connectivity index (χ2v) is 1.93. The van der Waals surface area contributed by atoms with Crippen molar-refractivity contribution in [1.82, 2.24) is 4.90 Å². The predicted octanol–water partition coefficient (Wildman–Crippen LogP) is 2.17. The van der Waals surface area contributed by atoms with E-state index in [1.807, 2.05) is 0 Å². The Morgan fingerprint density at radius 2 is 1.92 bits per heavy atom. The Labute approximate surface area is 68.7 Å². The lowest BCUT2D eigenvalue weighted by Gasteiger charge is -2.17. The minimum absolute atomic E-state index is 0.779. The first kappa shape index (κ1) is 10.7. The van der Waals surface area contributed by atoms with Gasteiger partial charge in [0.2, 0.25) is 5.84 Å². The zero-order valence-corrected chi connectivity index (χ0v) is 6.60. The van der Waals surface area contributed by atoms with E-state index in [-0.39, 0.29) is 0 Å². The molecule has 0 amide bonds. The van der Waals surface area contributed by atoms with E-state index in [1.54, 1.807) is 0 Å². The first-order chi connectivity index (χ1) is 5.43. The minimum Gasteiger partial charge on any atom is -0.333 e. The zero-order valence-electron chi connectivity index (χ0n) is 6.60. The predicted molar refractivity (Wildman–Crippen MR) is 41.6 cm³/mol. The van der Waals surface area contributed by atoms with Gasteiger partial charge in [-0.2, -0.15) is 13.2 Å². The van der Waals surface area contributed by atoms with E-state index in [2.05, 4.69) is 18.2 Å². The summed E-state index contributed by atoms with van der Waals surface area (Å²) in [5, 5.41) is 0. The summed E-state index contributed by atoms with van der Waals surface area (Å²) in [5.41, 5.74) is 0. The minimum atomic E-state index is -4.48. The van der Waals surface area contributed by atoms with Crippen LogP contribution in [0.25, 0.3) is 0 Å². The van der Waals surface area contributed by atoms with Gasteiger partial charge < -0.3 is 4.90 Å². The normalized spacial score (nSPS) is 12.5. The van der Waals surface area contributed by atoms with Crippen molar-refractivity contribution in [3.05, 3.63) is 25.6 Å². The Morgan fingerprint density at radius 1 is 1.42 bits per heavy atom. The summed E-state index contributed by atoms with van der Waals surface area (Å²) in [6, 6.07) is 0. The van der Waals surface area contributed by atoms with Gasteiger partial charge in [0.15, 0.2) is 0 Å². The number of halogens is 3. The molecule has 0 N–H and O–H groups in total. The molecule has 0 radical (unpaired) electrons. The molecule has 0 unspecified atom stereocenters. The van der Waals surface area contributed by atoms with Gasteiger partial charge in [0.25, 0.3) is 0 Å². The monoisotopic (exact) mass is 178 g/mol. The van der Waals surface area contributed by atoms with Crippen molar-refractivity contribution in [1.29, 1.82) is 0 Å². The number of hydrogen-bond donors (Lipinski definition) is 0. The third-order valence-corrected chi connectivity index (χ3v) is 1.08. The summed E-state index contributed by atoms with van der Waals surface area (Å²) in [6.45, 7) is 6.27. The Kier molecular flexibility index (Phi) is 3.53. The van der Waals surface area contributed by atoms with Crippen molar-refractivity contribution >= 4 is 5.84 Å². The molecule has 5 heteroatoms. The summed E-state index contributed by atoms with van der Waals surface area (Å²) in [7, 11) is 1.21. The van der Waals surface area contributed by atoms with Crippen LogP contribution in [0, 0.1) is 0 Å². The average molecular weight is 178 g/mol. The molecule has 0 saturated heterocycles. The molecule has 0 aliphatic rings. The highest BCUT2D eigenvalue weighted by molar-refractivity contribution is 5.88. The smallest absolute Gasteiger partial charge is 0.333 e. The van der Waals surface area contributed by atoms with Crippen LogP contribution >= 0.6 is 0 Å². The van der Waals surface area contributed by atoms with Gasteiger partial charge in [-0.3, -0.25) is 0 Å². The van der Waals surface area contributed by atoms with Crippen molar-refractivity contribution < 1.29 is 13.2 Å². The molecule has 0 spiro atoms. The van der Waals surface area contributed by atoms with Gasteiger partial charge >= 0.3 is 6.18 Å². The number of hydrogen-bond acceptors (Lipinski definition) is 1. The average Bonchev–Trinajstić information content (AvgIpc) is 1.96. The molecular weight excluding hydrogens is 169 g/mol. The number of aliphatic imine (C=N–C) groups is 1. The second-order valence-electron chi connectivity index (χ2n) is 1.93. The molecule has 0 aliphatic carbocycles. The molecular formula is C7H9F3N2. The van der Waals surface area contributed by atoms with Crippen molar-refractivity contribution in [3.63, 3.8) is 0 Å². The Balaban J connectivity index is 4.79. The van der Waals surface area contributed by atoms with Gasteiger partial charge in [0.1, 0.15) is 0 Å². The molecule has 0 aliphatic heterocycles. The fraction of sp³-hybridized carbons (Fsp3) is 0.286. The van der Waals surface area contributed by atoms with Crippen molar-refractivity contribution in [3.8, 4) is 0 Å². The molecule has 2 nitrogen and oxygen atoms in total. The molecule has 0 saturated carbocycles. The molecule has 0 aromatic heterocycles. The molecule has 0 aromatic rings. The summed E-state index contributed by atoms with van der Waals surface area (Å²) in [4.78, 5) is 3.86. The Morgan fingerprint density at radius 3 is 2.17 bits per heavy atom. The summed E-state index contributed by atoms with van der Waals surface area (Å²) in [6.07, 6.45) is -2.62. The Bertz CT molecular complexity index is 205. The van der Waals surface area contributed by atoms with Gasteiger partial charge in [-0.25, -0.2) is 4.99 Å². The van der Waals surface area contributed by atoms with Crippen LogP contribution in [0.2, 0.25) is 0 Å². The fourth-order valence-electron chi connectivity index (χ4n) is 0.537. The number of rotatable bonds is 2. The number of nitrogens with zero attached hydrogens (tertiary/aromatic N) is 2. The van der Waals surface area contributed by atoms with Gasteiger partial charge in [0.05, 0.1) is 0 Å². The molecule has 0 fully saturated rings. The third-order valence-electron chi connectivity index (χ3n) is 1.08. The van der Waals surface area contributed by atoms with Crippen LogP contribution in [-0.2, 0) is 0 Å². The lowest BCUT2D eigenvalue weighted by molar-refractivity contribution is -0.0660. The van der Waals surface area contributed by atoms with Crippen LogP contribution in [0.3, 0.4) is 0 Å². The topological polar surface area (TPSA) is 15.6 Å². The summed E-state index contributed by atoms with van der Waals surface area (Å²) >= 11 is 0. The fourth-order valence-corrected chi connectivity index (χ4v) is 0.537. The zero-order chi connectivity index (χ0) is 9.78. The maximum Gasteiger partial charge on any atom is 0.449 e. The highest BCUT2D eigenvalue weighted by atomic mass is 19.4. The Hall–Kier alpha value is -1.26. The van der Waals surface area contributed by atoms with Gasteiger partial charge in [-0.15, -0.1) is 0 Å². The number of alkyl halides is 3. The lowest BCUT2D eigenvalue weighted by atomic mass is 10.5. The molecule has 0 bridgehead atoms. The highest BCUT2D eigenvalue weighted by Gasteiger charge is 2.37. The summed E-state index contributed by atoms with van der Waals surface area (Å²) < 4.78 is 36.2. The van der Waals surface area contributed by atoms with E-state index in [0.29, 0.717) is 0 Å². The van der Waals surface area contributed by atoms with Crippen LogP contribution in [0.1, 0.15) is 0 Å². The van der Waals surface area contributed by atoms with Gasteiger partial charge in [-0.05, 0) is 6.20 Å². The number of amidine groups is 1. The van der Waals surface area contributed by atoms with E-state index in [0.717, 1.165) is 17.3 Å². The van der Waals surface area contributed by atoms with E-state index in [9.17, 15) is 13.2 Å². The standard InChI is InChI=1S/C7H9F3N2/c1-4-11-6(7(8,9)10)12(3)5-2/h4-5H,1-2H2,3H3. The summed E-state index contributed by atoms with van der Waals surface area (Å²) in [5.74, 6) is -1.03. The van der Waals surface area contributed by atoms with Gasteiger partial charge in [0, 0.05) is 13.2 Å². The lowest BCUT2D eigenvalue weighted by Crippen LogP contribution is -2.35. The van der Waals surface area contributed by atoms with Crippen LogP contribution in [0.15, 0.2) is 30.6 Å².